The molecule has 0 aromatic carbocycles. The summed E-state index contributed by atoms with van der Waals surface area (Å²) in [6.45, 7) is 0. The second-order valence-electron chi connectivity index (χ2n) is 4.03. The fourth-order valence-corrected chi connectivity index (χ4v) is 4.66. The summed E-state index contributed by atoms with van der Waals surface area (Å²) >= 11 is 2.57. The van der Waals surface area contributed by atoms with Gasteiger partial charge in [0.1, 0.15) is 5.82 Å². The van der Waals surface area contributed by atoms with Gasteiger partial charge in [-0.1, -0.05) is 22.6 Å². The van der Waals surface area contributed by atoms with Gasteiger partial charge in [-0.25, -0.2) is 9.97 Å². The Hall–Kier alpha value is -0.190. The summed E-state index contributed by atoms with van der Waals surface area (Å²) in [6, 6.07) is 1.88. The number of aromatic nitrogens is 2. The van der Waals surface area contributed by atoms with E-state index in [9.17, 15) is 0 Å². The topological polar surface area (TPSA) is 25.8 Å². The first-order valence-electron chi connectivity index (χ1n) is 4.19. The predicted octanol–water partition coefficient (Wildman–Crippen LogP) is 2.09. The summed E-state index contributed by atoms with van der Waals surface area (Å²) in [5.74, 6) is 1.07. The zero-order valence-corrected chi connectivity index (χ0v) is 8.78. The fraction of sp³-hybridized carbons (Fsp3) is 0.556. The van der Waals surface area contributed by atoms with Crippen LogP contribution in [-0.4, -0.2) is 13.4 Å². The molecule has 3 fully saturated rings. The van der Waals surface area contributed by atoms with E-state index in [0.29, 0.717) is 8.84 Å². The molecule has 0 spiro atoms. The Bertz CT molecular complexity index is 303. The van der Waals surface area contributed by atoms with Crippen LogP contribution in [0, 0.1) is 0 Å². The summed E-state index contributed by atoms with van der Waals surface area (Å²) in [6.07, 6.45) is 7.59. The Morgan fingerprint density at radius 2 is 1.75 bits per heavy atom. The molecular weight excluding hydrogens is 263 g/mol. The average Bonchev–Trinajstić information content (AvgIpc) is 1.99. The van der Waals surface area contributed by atoms with Crippen molar-refractivity contribution in [2.45, 2.75) is 28.1 Å². The van der Waals surface area contributed by atoms with Crippen molar-refractivity contribution in [1.29, 1.82) is 0 Å². The maximum atomic E-state index is 4.33. The van der Waals surface area contributed by atoms with E-state index < -0.39 is 0 Å². The van der Waals surface area contributed by atoms with E-state index in [0.717, 1.165) is 5.82 Å². The lowest BCUT2D eigenvalue weighted by molar-refractivity contribution is 0.0137. The van der Waals surface area contributed by atoms with Gasteiger partial charge in [0, 0.05) is 21.2 Å². The van der Waals surface area contributed by atoms with Crippen LogP contribution in [0.1, 0.15) is 25.1 Å². The Balaban J connectivity index is 1.94. The van der Waals surface area contributed by atoms with Crippen molar-refractivity contribution in [2.24, 2.45) is 0 Å². The number of alkyl halides is 1. The third kappa shape index (κ3) is 0.752. The lowest BCUT2D eigenvalue weighted by atomic mass is 9.44. The Labute approximate surface area is 84.9 Å². The van der Waals surface area contributed by atoms with Gasteiger partial charge in [-0.05, 0) is 25.3 Å². The number of nitrogens with zero attached hydrogens (tertiary/aromatic N) is 2. The first kappa shape index (κ1) is 7.24. The molecule has 3 aliphatic rings. The average molecular weight is 272 g/mol. The Kier molecular flexibility index (Phi) is 1.21. The molecule has 0 aliphatic heterocycles. The van der Waals surface area contributed by atoms with E-state index in [4.69, 9.17) is 0 Å². The summed E-state index contributed by atoms with van der Waals surface area (Å²) in [5.41, 5.74) is 0.391. The molecule has 3 saturated carbocycles. The van der Waals surface area contributed by atoms with Gasteiger partial charge in [0.25, 0.3) is 0 Å². The van der Waals surface area contributed by atoms with Crippen LogP contribution >= 0.6 is 22.6 Å². The smallest absolute Gasteiger partial charge is 0.134 e. The first-order chi connectivity index (χ1) is 5.73. The van der Waals surface area contributed by atoms with Crippen LogP contribution in [0.3, 0.4) is 0 Å². The molecule has 3 aliphatic carbocycles. The van der Waals surface area contributed by atoms with Gasteiger partial charge in [-0.3, -0.25) is 0 Å². The van der Waals surface area contributed by atoms with Gasteiger partial charge in [0.05, 0.1) is 0 Å². The van der Waals surface area contributed by atoms with Crippen molar-refractivity contribution in [2.75, 3.05) is 0 Å². The van der Waals surface area contributed by atoms with E-state index in [1.54, 1.807) is 0 Å². The van der Waals surface area contributed by atoms with Crippen LogP contribution < -0.4 is 0 Å². The van der Waals surface area contributed by atoms with Gasteiger partial charge in [-0.15, -0.1) is 0 Å². The molecule has 2 nitrogen and oxygen atoms in total. The summed E-state index contributed by atoms with van der Waals surface area (Å²) in [5, 5.41) is 0. The Morgan fingerprint density at radius 3 is 2.25 bits per heavy atom. The molecule has 0 N–H and O–H groups in total. The lowest BCUT2D eigenvalue weighted by Crippen LogP contribution is -2.66. The van der Waals surface area contributed by atoms with E-state index in [-0.39, 0.29) is 0 Å². The third-order valence-corrected chi connectivity index (χ3v) is 4.15. The third-order valence-electron chi connectivity index (χ3n) is 3.01. The lowest BCUT2D eigenvalue weighted by Gasteiger charge is -2.66. The Morgan fingerprint density at radius 1 is 1.17 bits per heavy atom. The van der Waals surface area contributed by atoms with Gasteiger partial charge in [0.15, 0.2) is 0 Å². The fourth-order valence-electron chi connectivity index (χ4n) is 2.47. The predicted molar refractivity (Wildman–Crippen MR) is 54.3 cm³/mol. The summed E-state index contributed by atoms with van der Waals surface area (Å²) in [4.78, 5) is 8.65. The molecule has 2 bridgehead atoms. The number of halogens is 1. The molecule has 4 rings (SSSR count). The van der Waals surface area contributed by atoms with Crippen molar-refractivity contribution in [1.82, 2.24) is 9.97 Å². The standard InChI is InChI=1S/C9H9IN2/c10-9-4-8(5-9,6-9)7-11-2-1-3-12-7/h1-3H,4-6H2. The molecule has 62 valence electrons. The second-order valence-corrected chi connectivity index (χ2v) is 6.32. The highest BCUT2D eigenvalue weighted by Gasteiger charge is 2.68. The zero-order valence-electron chi connectivity index (χ0n) is 6.63. The molecule has 12 heavy (non-hydrogen) atoms. The normalized spacial score (nSPS) is 43.1. The van der Waals surface area contributed by atoms with E-state index >= 15 is 0 Å². The largest absolute Gasteiger partial charge is 0.241 e. The van der Waals surface area contributed by atoms with Gasteiger partial charge in [-0.2, -0.15) is 0 Å². The van der Waals surface area contributed by atoms with Crippen LogP contribution in [0.15, 0.2) is 18.5 Å². The highest BCUT2D eigenvalue weighted by atomic mass is 127. The molecular formula is C9H9IN2. The molecule has 0 saturated heterocycles. The van der Waals surface area contributed by atoms with E-state index in [2.05, 4.69) is 32.6 Å². The molecule has 0 radical (unpaired) electrons. The minimum absolute atomic E-state index is 0.391. The van der Waals surface area contributed by atoms with Crippen molar-refractivity contribution < 1.29 is 0 Å². The summed E-state index contributed by atoms with van der Waals surface area (Å²) < 4.78 is 0.622. The molecule has 0 unspecified atom stereocenters. The van der Waals surface area contributed by atoms with E-state index in [1.807, 2.05) is 18.5 Å². The van der Waals surface area contributed by atoms with Crippen molar-refractivity contribution >= 4 is 22.6 Å². The molecule has 1 heterocycles. The van der Waals surface area contributed by atoms with E-state index in [1.165, 1.54) is 19.3 Å². The van der Waals surface area contributed by atoms with Crippen LogP contribution in [-0.2, 0) is 5.41 Å². The van der Waals surface area contributed by atoms with Crippen LogP contribution in [0.25, 0.3) is 0 Å². The zero-order chi connectivity index (χ0) is 8.23. The van der Waals surface area contributed by atoms with Crippen molar-refractivity contribution in [3.8, 4) is 0 Å². The number of hydrogen-bond donors (Lipinski definition) is 0. The molecule has 0 atom stereocenters. The monoisotopic (exact) mass is 272 g/mol. The van der Waals surface area contributed by atoms with Crippen molar-refractivity contribution in [3.05, 3.63) is 24.3 Å². The first-order valence-corrected chi connectivity index (χ1v) is 5.27. The van der Waals surface area contributed by atoms with Gasteiger partial charge < -0.3 is 0 Å². The molecule has 1 aromatic rings. The van der Waals surface area contributed by atoms with Crippen LogP contribution in [0.2, 0.25) is 0 Å². The van der Waals surface area contributed by atoms with Gasteiger partial charge >= 0.3 is 0 Å². The SMILES string of the molecule is IC12CC(c3ncccn3)(C1)C2. The van der Waals surface area contributed by atoms with Crippen molar-refractivity contribution in [3.63, 3.8) is 0 Å². The van der Waals surface area contributed by atoms with Gasteiger partial charge in [0.2, 0.25) is 0 Å². The second kappa shape index (κ2) is 2.00. The number of rotatable bonds is 1. The maximum Gasteiger partial charge on any atom is 0.134 e. The maximum absolute atomic E-state index is 4.33. The quantitative estimate of drug-likeness (QED) is 0.578. The minimum Gasteiger partial charge on any atom is -0.241 e. The summed E-state index contributed by atoms with van der Waals surface area (Å²) in [7, 11) is 0. The highest BCUT2D eigenvalue weighted by Crippen LogP contribution is 2.71. The number of hydrogen-bond acceptors (Lipinski definition) is 2. The van der Waals surface area contributed by atoms with Crippen LogP contribution in [0.5, 0.6) is 0 Å². The highest BCUT2D eigenvalue weighted by molar-refractivity contribution is 14.1. The van der Waals surface area contributed by atoms with Crippen LogP contribution in [0.4, 0.5) is 0 Å². The minimum atomic E-state index is 0.391. The molecule has 1 aromatic heterocycles. The molecule has 3 heteroatoms. The molecule has 0 amide bonds.